The predicted octanol–water partition coefficient (Wildman–Crippen LogP) is 5.08. The number of carbonyl (C=O) groups is 3. The van der Waals surface area contributed by atoms with Gasteiger partial charge in [0.25, 0.3) is 0 Å². The molecule has 1 N–H and O–H groups in total. The molecule has 1 aromatic carbocycles. The van der Waals surface area contributed by atoms with Crippen LogP contribution in [0.25, 0.3) is 0 Å². The molecular weight excluding hydrogens is 572 g/mol. The van der Waals surface area contributed by atoms with Crippen LogP contribution >= 0.6 is 11.8 Å². The van der Waals surface area contributed by atoms with E-state index in [1.54, 1.807) is 18.7 Å². The number of amides is 2. The number of thioether (sulfide) groups is 1. The quantitative estimate of drug-likeness (QED) is 0.215. The molecule has 3 saturated heterocycles. The Kier molecular flexibility index (Phi) is 12.8. The van der Waals surface area contributed by atoms with Crippen molar-refractivity contribution in [1.29, 1.82) is 0 Å². The van der Waals surface area contributed by atoms with Crippen molar-refractivity contribution in [2.75, 3.05) is 26.2 Å². The van der Waals surface area contributed by atoms with E-state index in [9.17, 15) is 19.5 Å². The van der Waals surface area contributed by atoms with Crippen LogP contribution in [0.5, 0.6) is 0 Å². The lowest BCUT2D eigenvalue weighted by molar-refractivity contribution is -0.929. The first kappa shape index (κ1) is 36.4. The molecule has 3 aliphatic heterocycles. The summed E-state index contributed by atoms with van der Waals surface area (Å²) < 4.78 is 0.746. The van der Waals surface area contributed by atoms with Gasteiger partial charge in [-0.05, 0) is 58.9 Å². The van der Waals surface area contributed by atoms with E-state index in [4.69, 9.17) is 0 Å². The molecule has 9 heteroatoms. The Labute approximate surface area is 270 Å². The van der Waals surface area contributed by atoms with Crippen molar-refractivity contribution in [3.8, 4) is 0 Å². The minimum Gasteiger partial charge on any atom is -0.548 e. The number of carboxylic acids is 1. The Morgan fingerprint density at radius 2 is 1.32 bits per heavy atom. The second kappa shape index (κ2) is 15.5. The number of hydrogen-bond acceptors (Lipinski definition) is 6. The lowest BCUT2D eigenvalue weighted by Crippen LogP contribution is -2.74. The zero-order valence-corrected chi connectivity index (χ0v) is 29.4. The number of aliphatic carboxylic acids is 1. The Bertz CT molecular complexity index is 1070. The first-order valence-corrected chi connectivity index (χ1v) is 17.9. The number of nitrogens with zero attached hydrogens (tertiary/aromatic N) is 3. The number of benzene rings is 1. The topological polar surface area (TPSA) is 92.8 Å². The molecular formula is C35H58N4O4S. The molecule has 4 rings (SSSR count). The molecule has 1 aromatic rings. The molecule has 0 bridgehead atoms. The number of rotatable bonds is 15. The van der Waals surface area contributed by atoms with Crippen molar-refractivity contribution in [3.63, 3.8) is 0 Å². The van der Waals surface area contributed by atoms with Crippen molar-refractivity contribution in [3.05, 3.63) is 35.9 Å². The van der Waals surface area contributed by atoms with Gasteiger partial charge in [0.2, 0.25) is 11.8 Å². The summed E-state index contributed by atoms with van der Waals surface area (Å²) in [7, 11) is 0. The highest BCUT2D eigenvalue weighted by molar-refractivity contribution is 8.01. The van der Waals surface area contributed by atoms with E-state index in [-0.39, 0.29) is 17.2 Å². The third-order valence-corrected chi connectivity index (χ3v) is 11.1. The number of quaternary nitrogens is 1. The molecule has 0 aliphatic carbocycles. The van der Waals surface area contributed by atoms with Crippen LogP contribution in [-0.4, -0.2) is 86.1 Å². The molecule has 3 fully saturated rings. The number of nitrogens with one attached hydrogen (secondary N) is 1. The fraction of sp³-hybridized carbons (Fsp3) is 0.743. The normalized spacial score (nSPS) is 25.4. The van der Waals surface area contributed by atoms with Crippen molar-refractivity contribution in [1.82, 2.24) is 15.1 Å². The molecule has 3 aliphatic rings. The van der Waals surface area contributed by atoms with Gasteiger partial charge in [-0.1, -0.05) is 83.7 Å². The van der Waals surface area contributed by atoms with E-state index >= 15 is 0 Å². The molecule has 4 atom stereocenters. The van der Waals surface area contributed by atoms with Crippen LogP contribution in [0.1, 0.15) is 118 Å². The highest BCUT2D eigenvalue weighted by atomic mass is 32.2. The van der Waals surface area contributed by atoms with E-state index in [0.29, 0.717) is 0 Å². The van der Waals surface area contributed by atoms with Crippen LogP contribution in [0.15, 0.2) is 30.3 Å². The zero-order chi connectivity index (χ0) is 32.7. The lowest BCUT2D eigenvalue weighted by Gasteiger charge is -2.51. The highest BCUT2D eigenvalue weighted by Gasteiger charge is 2.67. The largest absolute Gasteiger partial charge is 0.548 e. The minimum atomic E-state index is -1.26. The third kappa shape index (κ3) is 7.81. The fourth-order valence-electron chi connectivity index (χ4n) is 7.11. The summed E-state index contributed by atoms with van der Waals surface area (Å²) in [6.45, 7) is 22.3. The van der Waals surface area contributed by atoms with E-state index in [2.05, 4.69) is 33.0 Å². The number of unbranched alkanes of at least 4 members (excludes halogenated alkanes) is 4. The molecule has 8 nitrogen and oxygen atoms in total. The number of fused-ring (bicyclic) bond motifs is 1. The average molecular weight is 631 g/mol. The maximum Gasteiger partial charge on any atom is 0.250 e. The van der Waals surface area contributed by atoms with Crippen molar-refractivity contribution >= 4 is 29.5 Å². The Morgan fingerprint density at radius 3 is 1.75 bits per heavy atom. The van der Waals surface area contributed by atoms with Crippen LogP contribution in [0.2, 0.25) is 0 Å². The molecule has 0 spiro atoms. The van der Waals surface area contributed by atoms with E-state index in [0.717, 1.165) is 5.56 Å². The van der Waals surface area contributed by atoms with Crippen LogP contribution in [0, 0.1) is 0 Å². The standard InChI is InChI=1S/C19H23N3O4S.C16H36N/c1-18(2)13(17(25)26)21-15(24)12(16(21)27-18)22-14(23)11(20-19(22,3)4)10-8-6-5-7-9-10;1-5-9-13-17(14-10-6-2,15-11-7-3)16-12-8-4/h5-9,11-13,16,20H,1-4H3,(H,25,26);5-16H2,1-4H3/q;+1/p-1/t11?,12-,13+,16-;/m1./s1. The number of β-lactam (4-membered cyclic amide) rings is 1. The van der Waals surface area contributed by atoms with Crippen molar-refractivity contribution in [2.45, 2.75) is 141 Å². The molecule has 0 radical (unpaired) electrons. The summed E-state index contributed by atoms with van der Waals surface area (Å²) in [6, 6.07) is 7.19. The van der Waals surface area contributed by atoms with Gasteiger partial charge in [0.1, 0.15) is 17.5 Å². The van der Waals surface area contributed by atoms with Gasteiger partial charge in [-0.15, -0.1) is 11.8 Å². The molecule has 2 amide bonds. The number of hydrogen-bond donors (Lipinski definition) is 1. The van der Waals surface area contributed by atoms with Gasteiger partial charge in [-0.25, -0.2) is 0 Å². The monoisotopic (exact) mass is 630 g/mol. The van der Waals surface area contributed by atoms with Crippen LogP contribution in [-0.2, 0) is 14.4 Å². The van der Waals surface area contributed by atoms with Gasteiger partial charge in [0.15, 0.2) is 0 Å². The summed E-state index contributed by atoms with van der Waals surface area (Å²) in [4.78, 5) is 40.7. The van der Waals surface area contributed by atoms with Crippen molar-refractivity contribution < 1.29 is 24.0 Å². The number of carboxylic acid groups (broad SMARTS) is 1. The van der Waals surface area contributed by atoms with E-state index < -0.39 is 34.5 Å². The molecule has 0 saturated carbocycles. The van der Waals surface area contributed by atoms with Crippen LogP contribution in [0.3, 0.4) is 0 Å². The SMILES string of the molecule is CC1(C)S[C@@H]2[C@H](N3C(=O)C(c4ccccc4)NC3(C)C)C(=O)N2[C@H]1C(=O)[O-].CCCC[N+](CCCC)(CCCC)CCCC. The number of carbonyl (C=O) groups excluding carboxylic acids is 3. The second-order valence-corrected chi connectivity index (χ2v) is 15.7. The third-order valence-electron chi connectivity index (χ3n) is 9.58. The molecule has 0 aromatic heterocycles. The predicted molar refractivity (Wildman–Crippen MR) is 177 cm³/mol. The first-order chi connectivity index (χ1) is 20.8. The smallest absolute Gasteiger partial charge is 0.250 e. The van der Waals surface area contributed by atoms with Gasteiger partial charge in [-0.3, -0.25) is 14.9 Å². The van der Waals surface area contributed by atoms with Gasteiger partial charge in [-0.2, -0.15) is 0 Å². The van der Waals surface area contributed by atoms with Gasteiger partial charge >= 0.3 is 0 Å². The van der Waals surface area contributed by atoms with Gasteiger partial charge in [0.05, 0.1) is 43.9 Å². The maximum absolute atomic E-state index is 13.2. The first-order valence-electron chi connectivity index (χ1n) is 17.0. The van der Waals surface area contributed by atoms with Gasteiger partial charge < -0.3 is 24.2 Å². The molecule has 44 heavy (non-hydrogen) atoms. The lowest BCUT2D eigenvalue weighted by atomic mass is 9.94. The summed E-state index contributed by atoms with van der Waals surface area (Å²) >= 11 is 1.42. The van der Waals surface area contributed by atoms with Gasteiger partial charge in [0, 0.05) is 4.75 Å². The fourth-order valence-corrected chi connectivity index (χ4v) is 8.78. The summed E-state index contributed by atoms with van der Waals surface area (Å²) in [5.41, 5.74) is 0.114. The second-order valence-electron chi connectivity index (χ2n) is 13.9. The average Bonchev–Trinajstić information content (AvgIpc) is 3.39. The Morgan fingerprint density at radius 1 is 0.841 bits per heavy atom. The van der Waals surface area contributed by atoms with Crippen molar-refractivity contribution in [2.24, 2.45) is 0 Å². The highest BCUT2D eigenvalue weighted by Crippen LogP contribution is 2.53. The van der Waals surface area contributed by atoms with Crippen LogP contribution in [0.4, 0.5) is 0 Å². The summed E-state index contributed by atoms with van der Waals surface area (Å²) in [5, 5.41) is 14.5. The Hall–Kier alpha value is -2.10. The molecule has 3 heterocycles. The van der Waals surface area contributed by atoms with Crippen LogP contribution < -0.4 is 10.4 Å². The Balaban J connectivity index is 0.000000271. The molecule has 248 valence electrons. The summed E-state index contributed by atoms with van der Waals surface area (Å²) in [5.74, 6) is -1.75. The van der Waals surface area contributed by atoms with E-state index in [1.165, 1.54) is 98.7 Å². The zero-order valence-electron chi connectivity index (χ0n) is 28.6. The maximum atomic E-state index is 13.2. The molecule has 1 unspecified atom stereocenters. The minimum absolute atomic E-state index is 0.167. The summed E-state index contributed by atoms with van der Waals surface area (Å²) in [6.07, 6.45) is 11.1. The van der Waals surface area contributed by atoms with E-state index in [1.807, 2.05) is 44.2 Å².